The number of guanidine groups is 2. The van der Waals surface area contributed by atoms with E-state index >= 15 is 0 Å². The molecule has 0 saturated carbocycles. The van der Waals surface area contributed by atoms with Crippen molar-refractivity contribution < 1.29 is 14.3 Å². The van der Waals surface area contributed by atoms with E-state index in [4.69, 9.17) is 4.74 Å². The average molecular weight is 581 g/mol. The second-order valence-electron chi connectivity index (χ2n) is 9.85. The van der Waals surface area contributed by atoms with Gasteiger partial charge in [0.15, 0.2) is 0 Å². The number of carbonyl (C=O) groups excluding carboxylic acids is 2. The SMILES string of the molecule is CC/C=C\C/C=C\C/C=C\C/C=C\C/C=C\C/C=C\CCC(=O)NCCCCOC(=O)NC1=NC(C)N=C(N(C)C)N1. The normalized spacial score (nSPS) is 15.7. The van der Waals surface area contributed by atoms with Crippen molar-refractivity contribution in [2.24, 2.45) is 9.98 Å². The van der Waals surface area contributed by atoms with Crippen molar-refractivity contribution in [3.8, 4) is 0 Å². The quantitative estimate of drug-likeness (QED) is 0.123. The molecule has 0 aromatic carbocycles. The summed E-state index contributed by atoms with van der Waals surface area (Å²) < 4.78 is 5.19. The Hall–Kier alpha value is -3.88. The van der Waals surface area contributed by atoms with E-state index in [0.717, 1.165) is 51.4 Å². The van der Waals surface area contributed by atoms with Gasteiger partial charge in [0.25, 0.3) is 0 Å². The van der Waals surface area contributed by atoms with Gasteiger partial charge in [-0.25, -0.2) is 14.8 Å². The predicted octanol–water partition coefficient (Wildman–Crippen LogP) is 6.31. The Labute approximate surface area is 253 Å². The first-order chi connectivity index (χ1) is 20.4. The smallest absolute Gasteiger partial charge is 0.413 e. The molecule has 9 heteroatoms. The number of ether oxygens (including phenoxy) is 1. The van der Waals surface area contributed by atoms with Gasteiger partial charge in [0.2, 0.25) is 17.8 Å². The first kappa shape index (κ1) is 36.1. The Morgan fingerprint density at radius 2 is 1.38 bits per heavy atom. The van der Waals surface area contributed by atoms with Crippen molar-refractivity contribution in [1.82, 2.24) is 20.9 Å². The third kappa shape index (κ3) is 20.9. The lowest BCUT2D eigenvalue weighted by molar-refractivity contribution is -0.121. The summed E-state index contributed by atoms with van der Waals surface area (Å²) in [6, 6.07) is 0. The minimum Gasteiger partial charge on any atom is -0.449 e. The molecule has 42 heavy (non-hydrogen) atoms. The summed E-state index contributed by atoms with van der Waals surface area (Å²) in [6.07, 6.45) is 33.6. The first-order valence-corrected chi connectivity index (χ1v) is 15.1. The molecule has 3 N–H and O–H groups in total. The molecule has 0 aromatic rings. The van der Waals surface area contributed by atoms with Crippen LogP contribution < -0.4 is 16.0 Å². The predicted molar refractivity (Wildman–Crippen MR) is 175 cm³/mol. The summed E-state index contributed by atoms with van der Waals surface area (Å²) in [5.74, 6) is 0.955. The maximum Gasteiger partial charge on any atom is 0.413 e. The van der Waals surface area contributed by atoms with Crippen LogP contribution in [-0.4, -0.2) is 62.2 Å². The second kappa shape index (κ2) is 24.9. The molecule has 2 amide bonds. The van der Waals surface area contributed by atoms with E-state index in [1.807, 2.05) is 27.1 Å². The summed E-state index contributed by atoms with van der Waals surface area (Å²) in [4.78, 5) is 34.3. The van der Waals surface area contributed by atoms with E-state index in [0.29, 0.717) is 31.3 Å². The molecular formula is C33H52N6O3. The first-order valence-electron chi connectivity index (χ1n) is 15.1. The van der Waals surface area contributed by atoms with Crippen LogP contribution in [0.25, 0.3) is 0 Å². The van der Waals surface area contributed by atoms with Crippen LogP contribution in [0.15, 0.2) is 82.9 Å². The topological polar surface area (TPSA) is 107 Å². The number of amides is 2. The Kier molecular flexibility index (Phi) is 21.4. The van der Waals surface area contributed by atoms with Crippen molar-refractivity contribution in [2.45, 2.75) is 84.2 Å². The highest BCUT2D eigenvalue weighted by molar-refractivity contribution is 6.05. The maximum absolute atomic E-state index is 12.0. The molecule has 1 aliphatic heterocycles. The van der Waals surface area contributed by atoms with Gasteiger partial charge in [-0.15, -0.1) is 0 Å². The van der Waals surface area contributed by atoms with Crippen LogP contribution in [0.5, 0.6) is 0 Å². The number of aliphatic imine (C=N–C) groups is 2. The molecular weight excluding hydrogens is 528 g/mol. The monoisotopic (exact) mass is 580 g/mol. The van der Waals surface area contributed by atoms with E-state index in [-0.39, 0.29) is 18.7 Å². The van der Waals surface area contributed by atoms with Gasteiger partial charge in [-0.1, -0.05) is 79.8 Å². The molecule has 232 valence electrons. The van der Waals surface area contributed by atoms with Gasteiger partial charge in [0.1, 0.15) is 6.17 Å². The Balaban J connectivity index is 1.97. The zero-order valence-electron chi connectivity index (χ0n) is 26.1. The fourth-order valence-corrected chi connectivity index (χ4v) is 3.55. The number of carbonyl (C=O) groups is 2. The highest BCUT2D eigenvalue weighted by Gasteiger charge is 2.17. The van der Waals surface area contributed by atoms with E-state index in [9.17, 15) is 9.59 Å². The van der Waals surface area contributed by atoms with Crippen LogP contribution >= 0.6 is 0 Å². The molecule has 0 aromatic heterocycles. The molecule has 0 aliphatic carbocycles. The van der Waals surface area contributed by atoms with Gasteiger partial charge in [-0.2, -0.15) is 0 Å². The van der Waals surface area contributed by atoms with Crippen LogP contribution in [0.3, 0.4) is 0 Å². The van der Waals surface area contributed by atoms with Gasteiger partial charge >= 0.3 is 6.09 Å². The molecule has 1 heterocycles. The molecule has 0 spiro atoms. The standard InChI is InChI=1S/C33H52N6O3/c1-5-6-7-8-9-10-11-12-13-14-15-16-17-18-19-20-21-22-23-26-30(40)34-27-24-25-28-42-33(41)38-31-35-29(2)36-32(37-31)39(3)4/h6-7,9-10,12-13,15-16,18-19,21-22,29H,5,8,11,14,17,20,23-28H2,1-4H3,(H,34,40)(H2,35,36,37,38,41)/b7-6-,10-9-,13-12-,16-15-,19-18-,22-21-. The van der Waals surface area contributed by atoms with Gasteiger partial charge in [0.05, 0.1) is 6.61 Å². The van der Waals surface area contributed by atoms with Crippen molar-refractivity contribution in [1.29, 1.82) is 0 Å². The number of rotatable bonds is 19. The van der Waals surface area contributed by atoms with Gasteiger partial charge in [-0.3, -0.25) is 15.4 Å². The fraction of sp³-hybridized carbons (Fsp3) is 0.515. The Bertz CT molecular complexity index is 1010. The van der Waals surface area contributed by atoms with Crippen molar-refractivity contribution in [3.63, 3.8) is 0 Å². The molecule has 1 atom stereocenters. The summed E-state index contributed by atoms with van der Waals surface area (Å²) >= 11 is 0. The molecule has 1 rings (SSSR count). The lowest BCUT2D eigenvalue weighted by Crippen LogP contribution is -2.51. The van der Waals surface area contributed by atoms with Gasteiger partial charge in [0, 0.05) is 27.1 Å². The van der Waals surface area contributed by atoms with E-state index < -0.39 is 6.09 Å². The van der Waals surface area contributed by atoms with Crippen LogP contribution in [0.2, 0.25) is 0 Å². The Morgan fingerprint density at radius 1 is 0.833 bits per heavy atom. The Morgan fingerprint density at radius 3 is 1.93 bits per heavy atom. The highest BCUT2D eigenvalue weighted by atomic mass is 16.5. The number of nitrogens with one attached hydrogen (secondary N) is 3. The number of nitrogens with zero attached hydrogens (tertiary/aromatic N) is 3. The lowest BCUT2D eigenvalue weighted by Gasteiger charge is -2.23. The summed E-state index contributed by atoms with van der Waals surface area (Å²) in [7, 11) is 3.70. The molecule has 0 fully saturated rings. The van der Waals surface area contributed by atoms with E-state index in [1.165, 1.54) is 0 Å². The van der Waals surface area contributed by atoms with Crippen LogP contribution in [0.4, 0.5) is 4.79 Å². The van der Waals surface area contributed by atoms with Crippen molar-refractivity contribution in [3.05, 3.63) is 72.9 Å². The van der Waals surface area contributed by atoms with Gasteiger partial charge in [-0.05, 0) is 64.7 Å². The molecule has 0 bridgehead atoms. The van der Waals surface area contributed by atoms with E-state index in [1.54, 1.807) is 4.90 Å². The molecule has 1 unspecified atom stereocenters. The number of allylic oxidation sites excluding steroid dienone is 12. The summed E-state index contributed by atoms with van der Waals surface area (Å²) in [5, 5.41) is 8.44. The van der Waals surface area contributed by atoms with Crippen LogP contribution in [-0.2, 0) is 9.53 Å². The maximum atomic E-state index is 12.0. The summed E-state index contributed by atoms with van der Waals surface area (Å²) in [5.41, 5.74) is 0. The second-order valence-corrected chi connectivity index (χ2v) is 9.85. The average Bonchev–Trinajstić information content (AvgIpc) is 2.95. The molecule has 0 radical (unpaired) electrons. The minimum absolute atomic E-state index is 0.0297. The largest absolute Gasteiger partial charge is 0.449 e. The van der Waals surface area contributed by atoms with Crippen LogP contribution in [0.1, 0.15) is 78.1 Å². The highest BCUT2D eigenvalue weighted by Crippen LogP contribution is 2.00. The number of unbranched alkanes of at least 4 members (excludes halogenated alkanes) is 1. The van der Waals surface area contributed by atoms with E-state index in [2.05, 4.69) is 99.7 Å². The number of hydrogen-bond donors (Lipinski definition) is 3. The van der Waals surface area contributed by atoms with Gasteiger partial charge < -0.3 is 15.0 Å². The lowest BCUT2D eigenvalue weighted by atomic mass is 10.2. The molecule has 1 aliphatic rings. The third-order valence-corrected chi connectivity index (χ3v) is 5.76. The van der Waals surface area contributed by atoms with Crippen LogP contribution in [0, 0.1) is 0 Å². The zero-order chi connectivity index (χ0) is 30.7. The zero-order valence-corrected chi connectivity index (χ0v) is 26.1. The number of alkyl carbamates (subject to hydrolysis) is 1. The van der Waals surface area contributed by atoms with Crippen molar-refractivity contribution >= 4 is 23.9 Å². The molecule has 9 nitrogen and oxygen atoms in total. The third-order valence-electron chi connectivity index (χ3n) is 5.76. The fourth-order valence-electron chi connectivity index (χ4n) is 3.55. The molecule has 0 saturated heterocycles. The minimum atomic E-state index is -0.575. The number of hydrogen-bond acceptors (Lipinski definition) is 7. The summed E-state index contributed by atoms with van der Waals surface area (Å²) in [6.45, 7) is 4.80. The van der Waals surface area contributed by atoms with Crippen molar-refractivity contribution in [2.75, 3.05) is 27.2 Å².